The Labute approximate surface area is 475 Å². The van der Waals surface area contributed by atoms with Crippen LogP contribution in [0.5, 0.6) is 0 Å². The van der Waals surface area contributed by atoms with Gasteiger partial charge in [-0.05, 0) is 109 Å². The summed E-state index contributed by atoms with van der Waals surface area (Å²) >= 11 is 0. The van der Waals surface area contributed by atoms with Gasteiger partial charge >= 0.3 is 7.82 Å². The molecule has 9 heteroatoms. The van der Waals surface area contributed by atoms with Crippen LogP contribution in [0.2, 0.25) is 0 Å². The van der Waals surface area contributed by atoms with Gasteiger partial charge in [-0.3, -0.25) is 13.8 Å². The first-order valence-electron chi connectivity index (χ1n) is 31.1. The number of unbranched alkanes of at least 4 members (excludes halogenated alkanes) is 22. The van der Waals surface area contributed by atoms with Crippen molar-refractivity contribution < 1.29 is 32.9 Å². The number of carbonyl (C=O) groups is 1. The Morgan fingerprint density at radius 1 is 0.455 bits per heavy atom. The molecule has 0 radical (unpaired) electrons. The fraction of sp³-hybridized carbons (Fsp3) is 0.662. The molecule has 77 heavy (non-hydrogen) atoms. The van der Waals surface area contributed by atoms with E-state index >= 15 is 0 Å². The normalized spacial score (nSPS) is 14.7. The second-order valence-corrected chi connectivity index (χ2v) is 23.1. The number of carbonyl (C=O) groups excluding carboxylic acids is 1. The number of allylic oxidation sites excluding steroid dienone is 21. The van der Waals surface area contributed by atoms with Gasteiger partial charge in [0.25, 0.3) is 0 Å². The van der Waals surface area contributed by atoms with Crippen LogP contribution in [0, 0.1) is 0 Å². The van der Waals surface area contributed by atoms with E-state index in [2.05, 4.69) is 141 Å². The van der Waals surface area contributed by atoms with Crippen LogP contribution in [-0.4, -0.2) is 73.4 Å². The number of amides is 1. The summed E-state index contributed by atoms with van der Waals surface area (Å²) in [4.78, 5) is 23.3. The van der Waals surface area contributed by atoms with E-state index in [9.17, 15) is 19.4 Å². The van der Waals surface area contributed by atoms with Crippen LogP contribution in [0.3, 0.4) is 0 Å². The molecule has 1 amide bonds. The molecule has 0 saturated carbocycles. The Morgan fingerprint density at radius 3 is 1.19 bits per heavy atom. The molecule has 0 spiro atoms. The molecule has 0 fully saturated rings. The summed E-state index contributed by atoms with van der Waals surface area (Å²) < 4.78 is 23.7. The van der Waals surface area contributed by atoms with Gasteiger partial charge < -0.3 is 19.8 Å². The van der Waals surface area contributed by atoms with Crippen molar-refractivity contribution >= 4 is 13.7 Å². The molecule has 0 saturated heterocycles. The van der Waals surface area contributed by atoms with Gasteiger partial charge in [-0.25, -0.2) is 4.57 Å². The van der Waals surface area contributed by atoms with Crippen LogP contribution in [0.25, 0.3) is 0 Å². The number of quaternary nitrogens is 1. The Balaban J connectivity index is 4.32. The van der Waals surface area contributed by atoms with Crippen LogP contribution in [0.15, 0.2) is 134 Å². The predicted molar refractivity (Wildman–Crippen MR) is 336 cm³/mol. The molecule has 0 rings (SSSR count). The Morgan fingerprint density at radius 2 is 0.792 bits per heavy atom. The summed E-state index contributed by atoms with van der Waals surface area (Å²) in [5.74, 6) is -0.210. The number of hydrogen-bond acceptors (Lipinski definition) is 5. The summed E-state index contributed by atoms with van der Waals surface area (Å²) in [6, 6.07) is -0.890. The zero-order chi connectivity index (χ0) is 56.3. The van der Waals surface area contributed by atoms with Crippen molar-refractivity contribution in [2.24, 2.45) is 0 Å². The zero-order valence-corrected chi connectivity index (χ0v) is 51.0. The predicted octanol–water partition coefficient (Wildman–Crippen LogP) is 19.5. The summed E-state index contributed by atoms with van der Waals surface area (Å²) in [5, 5.41) is 13.9. The van der Waals surface area contributed by atoms with Crippen molar-refractivity contribution in [3.63, 3.8) is 0 Å². The van der Waals surface area contributed by atoms with Crippen LogP contribution < -0.4 is 5.32 Å². The molecule has 0 aromatic carbocycles. The van der Waals surface area contributed by atoms with Crippen molar-refractivity contribution in [2.75, 3.05) is 40.9 Å². The summed E-state index contributed by atoms with van der Waals surface area (Å²) in [7, 11) is 1.52. The second-order valence-electron chi connectivity index (χ2n) is 21.7. The lowest BCUT2D eigenvalue weighted by molar-refractivity contribution is -0.870. The molecule has 0 bridgehead atoms. The van der Waals surface area contributed by atoms with Crippen molar-refractivity contribution in [1.82, 2.24) is 5.32 Å². The molecule has 0 aliphatic carbocycles. The van der Waals surface area contributed by atoms with Gasteiger partial charge in [0, 0.05) is 6.42 Å². The SMILES string of the molecule is CC/C=C\C/C=C\C/C=C\C/C=C\C/C=C\C/C=C\C/C=C\C/C=C\CCCCCCCCC(=O)NC(COP(=O)(O)OCC[N+](C)(C)C)C(O)/C=C/CC/C=C/CC/C=C/CCCCCCCCCCCCCCCC. The number of aliphatic hydroxyl groups excluding tert-OH is 1. The van der Waals surface area contributed by atoms with Gasteiger partial charge in [0.2, 0.25) is 5.91 Å². The largest absolute Gasteiger partial charge is 0.472 e. The number of hydrogen-bond donors (Lipinski definition) is 3. The van der Waals surface area contributed by atoms with E-state index in [0.29, 0.717) is 17.4 Å². The summed E-state index contributed by atoms with van der Waals surface area (Å²) in [6.07, 6.45) is 87.1. The third-order valence-electron chi connectivity index (χ3n) is 13.1. The highest BCUT2D eigenvalue weighted by molar-refractivity contribution is 7.47. The lowest BCUT2D eigenvalue weighted by Crippen LogP contribution is -2.45. The van der Waals surface area contributed by atoms with Crippen LogP contribution in [0.1, 0.15) is 239 Å². The van der Waals surface area contributed by atoms with E-state index in [1.165, 1.54) is 96.3 Å². The average Bonchev–Trinajstić information content (AvgIpc) is 3.39. The first-order valence-corrected chi connectivity index (χ1v) is 32.6. The number of likely N-dealkylation sites (N-methyl/N-ethyl adjacent to an activating group) is 1. The van der Waals surface area contributed by atoms with E-state index < -0.39 is 20.0 Å². The van der Waals surface area contributed by atoms with E-state index in [1.54, 1.807) is 6.08 Å². The van der Waals surface area contributed by atoms with Gasteiger partial charge in [-0.2, -0.15) is 0 Å². The number of aliphatic hydroxyl groups is 1. The fourth-order valence-corrected chi connectivity index (χ4v) is 9.00. The van der Waals surface area contributed by atoms with Crippen molar-refractivity contribution in [3.8, 4) is 0 Å². The topological polar surface area (TPSA) is 105 Å². The number of rotatable bonds is 55. The Kier molecular flexibility index (Phi) is 54.8. The number of nitrogens with one attached hydrogen (secondary N) is 1. The van der Waals surface area contributed by atoms with E-state index in [0.717, 1.165) is 122 Å². The molecular weight excluding hydrogens is 972 g/mol. The third kappa shape index (κ3) is 60.1. The lowest BCUT2D eigenvalue weighted by Gasteiger charge is -2.25. The van der Waals surface area contributed by atoms with Crippen LogP contribution in [-0.2, 0) is 18.4 Å². The van der Waals surface area contributed by atoms with Crippen molar-refractivity contribution in [3.05, 3.63) is 134 Å². The monoisotopic (exact) mass is 1090 g/mol. The maximum absolute atomic E-state index is 13.0. The van der Waals surface area contributed by atoms with Gasteiger partial charge in [-0.15, -0.1) is 0 Å². The molecule has 440 valence electrons. The van der Waals surface area contributed by atoms with Crippen LogP contribution in [0.4, 0.5) is 0 Å². The number of phosphoric ester groups is 1. The van der Waals surface area contributed by atoms with Crippen molar-refractivity contribution in [2.45, 2.75) is 251 Å². The first-order chi connectivity index (χ1) is 37.5. The highest BCUT2D eigenvalue weighted by Gasteiger charge is 2.27. The minimum absolute atomic E-state index is 0.0429. The highest BCUT2D eigenvalue weighted by Crippen LogP contribution is 2.43. The molecule has 0 aromatic rings. The van der Waals surface area contributed by atoms with Gasteiger partial charge in [-0.1, -0.05) is 257 Å². The molecule has 0 heterocycles. The molecule has 0 aromatic heterocycles. The quantitative estimate of drug-likeness (QED) is 0.0243. The molecule has 3 unspecified atom stereocenters. The van der Waals surface area contributed by atoms with Gasteiger partial charge in [0.15, 0.2) is 0 Å². The van der Waals surface area contributed by atoms with Crippen LogP contribution >= 0.6 is 7.82 Å². The second kappa shape index (κ2) is 57.3. The van der Waals surface area contributed by atoms with Crippen molar-refractivity contribution in [1.29, 1.82) is 0 Å². The smallest absolute Gasteiger partial charge is 0.387 e. The summed E-state index contributed by atoms with van der Waals surface area (Å²) in [5.41, 5.74) is 0. The van der Waals surface area contributed by atoms with E-state index in [1.807, 2.05) is 27.2 Å². The molecular formula is C68H118N2O6P+. The van der Waals surface area contributed by atoms with E-state index in [4.69, 9.17) is 9.05 Å². The zero-order valence-electron chi connectivity index (χ0n) is 50.1. The van der Waals surface area contributed by atoms with Gasteiger partial charge in [0.05, 0.1) is 39.9 Å². The lowest BCUT2D eigenvalue weighted by atomic mass is 10.0. The molecule has 3 N–H and O–H groups in total. The first kappa shape index (κ1) is 73.6. The average molecular weight is 1090 g/mol. The minimum atomic E-state index is -4.38. The maximum atomic E-state index is 13.0. The Bertz CT molecular complexity index is 1710. The highest BCUT2D eigenvalue weighted by atomic mass is 31.2. The van der Waals surface area contributed by atoms with Gasteiger partial charge in [0.1, 0.15) is 13.2 Å². The fourth-order valence-electron chi connectivity index (χ4n) is 8.27. The number of nitrogens with zero attached hydrogens (tertiary/aromatic N) is 1. The minimum Gasteiger partial charge on any atom is -0.387 e. The maximum Gasteiger partial charge on any atom is 0.472 e. The summed E-state index contributed by atoms with van der Waals surface area (Å²) in [6.45, 7) is 4.66. The number of phosphoric acid groups is 1. The molecule has 3 atom stereocenters. The molecule has 8 nitrogen and oxygen atoms in total. The third-order valence-corrected chi connectivity index (χ3v) is 14.1. The Hall–Kier alpha value is -3.36. The standard InChI is InChI=1S/C68H117N2O6P/c1-6-8-10-12-14-16-18-20-22-24-26-28-30-32-33-34-35-36-37-38-40-42-44-46-48-50-52-54-56-58-60-62-68(72)69-66(65-76-77(73,74)75-64-63-70(3,4)5)67(71)61-59-57-55-53-51-49-47-45-43-41-39-31-29-27-25-23-21-19-17-15-13-11-9-7-2/h8,10,14,16,20,22,26,28,32-33,35-36,38,40,43-46,51,53,59,61,66-67,71H,6-7,9,11-13,15,17-19,21,23-25,27,29-31,34,37,39,41-42,47-50,52,54-58,60,62-65H2,1-5H3,(H-,69,72,73,74)/p+1/b10-8-,16-14-,22-20-,28-26-,33-32-,36-35-,40-38-,45-43+,46-44-,53-51+,61-59+. The molecule has 0 aliphatic heterocycles. The van der Waals surface area contributed by atoms with E-state index in [-0.39, 0.29) is 19.1 Å². The molecule has 0 aliphatic rings.